The Labute approximate surface area is 134 Å². The molecule has 6 nitrogen and oxygen atoms in total. The molecular weight excluding hydrogens is 290 g/mol. The van der Waals surface area contributed by atoms with Gasteiger partial charge in [-0.2, -0.15) is 0 Å². The van der Waals surface area contributed by atoms with Crippen LogP contribution >= 0.6 is 0 Å². The van der Waals surface area contributed by atoms with Crippen LogP contribution in [0.1, 0.15) is 24.5 Å². The van der Waals surface area contributed by atoms with Gasteiger partial charge in [-0.05, 0) is 24.3 Å². The van der Waals surface area contributed by atoms with Crippen molar-refractivity contribution in [1.29, 1.82) is 0 Å². The van der Waals surface area contributed by atoms with Gasteiger partial charge < -0.3 is 10.0 Å². The Hall–Kier alpha value is -2.47. The second-order valence-electron chi connectivity index (χ2n) is 5.99. The molecular formula is C17H19N5O. The van der Waals surface area contributed by atoms with E-state index in [0.29, 0.717) is 0 Å². The Bertz CT molecular complexity index is 780. The predicted octanol–water partition coefficient (Wildman–Crippen LogP) is 2.07. The Morgan fingerprint density at radius 2 is 1.91 bits per heavy atom. The van der Waals surface area contributed by atoms with Crippen molar-refractivity contribution in [3.8, 4) is 0 Å². The summed E-state index contributed by atoms with van der Waals surface area (Å²) in [4.78, 5) is 6.71. The van der Waals surface area contributed by atoms with Crippen LogP contribution in [-0.4, -0.2) is 37.8 Å². The van der Waals surface area contributed by atoms with Crippen LogP contribution in [0.25, 0.3) is 5.65 Å². The average Bonchev–Trinajstić information content (AvgIpc) is 3.11. The second-order valence-corrected chi connectivity index (χ2v) is 5.99. The van der Waals surface area contributed by atoms with Crippen LogP contribution in [0.3, 0.4) is 0 Å². The quantitative estimate of drug-likeness (QED) is 0.802. The molecule has 0 saturated carbocycles. The van der Waals surface area contributed by atoms with E-state index in [1.807, 2.05) is 40.9 Å². The first kappa shape index (κ1) is 14.1. The molecule has 1 fully saturated rings. The minimum Gasteiger partial charge on any atom is -0.388 e. The molecule has 23 heavy (non-hydrogen) atoms. The van der Waals surface area contributed by atoms with Gasteiger partial charge in [-0.3, -0.25) is 4.40 Å². The van der Waals surface area contributed by atoms with Gasteiger partial charge in [-0.25, -0.2) is 4.98 Å². The van der Waals surface area contributed by atoms with Crippen LogP contribution in [0.5, 0.6) is 0 Å². The highest BCUT2D eigenvalue weighted by Gasteiger charge is 2.27. The number of rotatable bonds is 3. The van der Waals surface area contributed by atoms with Crippen LogP contribution in [0.4, 0.5) is 5.82 Å². The fourth-order valence-corrected chi connectivity index (χ4v) is 3.32. The molecule has 6 heteroatoms. The molecule has 2 aromatic heterocycles. The molecule has 118 valence electrons. The minimum absolute atomic E-state index is 0.284. The van der Waals surface area contributed by atoms with Crippen molar-refractivity contribution in [3.63, 3.8) is 0 Å². The van der Waals surface area contributed by atoms with Gasteiger partial charge in [-0.1, -0.05) is 30.3 Å². The van der Waals surface area contributed by atoms with Crippen LogP contribution in [0.2, 0.25) is 0 Å². The molecule has 0 aliphatic carbocycles. The van der Waals surface area contributed by atoms with Gasteiger partial charge in [0.2, 0.25) is 5.65 Å². The summed E-state index contributed by atoms with van der Waals surface area (Å²) in [5.41, 5.74) is 1.79. The van der Waals surface area contributed by atoms with Gasteiger partial charge in [0.05, 0.1) is 6.10 Å². The number of benzene rings is 1. The van der Waals surface area contributed by atoms with Crippen molar-refractivity contribution in [2.45, 2.75) is 18.9 Å². The number of nitrogens with zero attached hydrogens (tertiary/aromatic N) is 5. The molecule has 1 aromatic carbocycles. The second kappa shape index (κ2) is 5.96. The molecule has 1 saturated heterocycles. The van der Waals surface area contributed by atoms with Crippen LogP contribution in [0, 0.1) is 5.92 Å². The molecule has 0 bridgehead atoms. The summed E-state index contributed by atoms with van der Waals surface area (Å²) in [6.07, 6.45) is 6.79. The summed E-state index contributed by atoms with van der Waals surface area (Å²) in [5, 5.41) is 18.7. The summed E-state index contributed by atoms with van der Waals surface area (Å²) >= 11 is 0. The van der Waals surface area contributed by atoms with E-state index in [4.69, 9.17) is 0 Å². The Kier molecular flexibility index (Phi) is 3.67. The SMILES string of the molecule is O[C@H](c1ccccc1)C1CCN(c2nccn3cnnc23)CC1. The van der Waals surface area contributed by atoms with Gasteiger partial charge >= 0.3 is 0 Å². The van der Waals surface area contributed by atoms with Crippen molar-refractivity contribution < 1.29 is 5.11 Å². The Balaban J connectivity index is 1.48. The number of hydrogen-bond acceptors (Lipinski definition) is 5. The zero-order valence-corrected chi connectivity index (χ0v) is 12.8. The lowest BCUT2D eigenvalue weighted by Gasteiger charge is -2.35. The highest BCUT2D eigenvalue weighted by Crippen LogP contribution is 2.32. The first-order chi connectivity index (χ1) is 11.3. The molecule has 0 spiro atoms. The van der Waals surface area contributed by atoms with Crippen LogP contribution < -0.4 is 4.90 Å². The predicted molar refractivity (Wildman–Crippen MR) is 87.1 cm³/mol. The van der Waals surface area contributed by atoms with Crippen molar-refractivity contribution in [3.05, 3.63) is 54.6 Å². The maximum Gasteiger partial charge on any atom is 0.203 e. The van der Waals surface area contributed by atoms with E-state index >= 15 is 0 Å². The monoisotopic (exact) mass is 309 g/mol. The maximum atomic E-state index is 10.6. The highest BCUT2D eigenvalue weighted by molar-refractivity contribution is 5.63. The van der Waals surface area contributed by atoms with E-state index in [1.54, 1.807) is 12.5 Å². The van der Waals surface area contributed by atoms with Gasteiger partial charge in [0.15, 0.2) is 5.82 Å². The number of fused-ring (bicyclic) bond motifs is 1. The molecule has 3 heterocycles. The molecule has 0 radical (unpaired) electrons. The molecule has 3 aromatic rings. The molecule has 0 unspecified atom stereocenters. The first-order valence-corrected chi connectivity index (χ1v) is 7.95. The summed E-state index contributed by atoms with van der Waals surface area (Å²) in [6.45, 7) is 1.74. The Morgan fingerprint density at radius 1 is 1.13 bits per heavy atom. The van der Waals surface area contributed by atoms with E-state index in [9.17, 15) is 5.11 Å². The molecule has 1 atom stereocenters. The normalized spacial score (nSPS) is 17.5. The third-order valence-electron chi connectivity index (χ3n) is 4.62. The van der Waals surface area contributed by atoms with Crippen molar-refractivity contribution >= 4 is 11.5 Å². The minimum atomic E-state index is -0.393. The largest absolute Gasteiger partial charge is 0.388 e. The topological polar surface area (TPSA) is 66.5 Å². The summed E-state index contributed by atoms with van der Waals surface area (Å²) in [5.74, 6) is 1.16. The smallest absolute Gasteiger partial charge is 0.203 e. The number of aromatic nitrogens is 4. The summed E-state index contributed by atoms with van der Waals surface area (Å²) in [6, 6.07) is 9.92. The van der Waals surface area contributed by atoms with Gasteiger partial charge in [0.25, 0.3) is 0 Å². The molecule has 4 rings (SSSR count). The zero-order valence-electron chi connectivity index (χ0n) is 12.8. The fraction of sp³-hybridized carbons (Fsp3) is 0.353. The maximum absolute atomic E-state index is 10.6. The number of hydrogen-bond donors (Lipinski definition) is 1. The number of aliphatic hydroxyl groups excluding tert-OH is 1. The van der Waals surface area contributed by atoms with E-state index in [0.717, 1.165) is 43.0 Å². The lowest BCUT2D eigenvalue weighted by Crippen LogP contribution is -2.36. The molecule has 1 aliphatic rings. The fourth-order valence-electron chi connectivity index (χ4n) is 3.32. The lowest BCUT2D eigenvalue weighted by molar-refractivity contribution is 0.0929. The van der Waals surface area contributed by atoms with Crippen LogP contribution in [0.15, 0.2) is 49.1 Å². The standard InChI is InChI=1S/C17H19N5O/c23-15(13-4-2-1-3-5-13)14-6-9-21(10-7-14)16-17-20-19-12-22(17)11-8-18-16/h1-5,8,11-12,14-15,23H,6-7,9-10H2/t15-/m1/s1. The highest BCUT2D eigenvalue weighted by atomic mass is 16.3. The molecule has 0 amide bonds. The molecule has 1 N–H and O–H groups in total. The van der Waals surface area contributed by atoms with Crippen molar-refractivity contribution in [2.24, 2.45) is 5.92 Å². The van der Waals surface area contributed by atoms with E-state index in [-0.39, 0.29) is 5.92 Å². The third-order valence-corrected chi connectivity index (χ3v) is 4.62. The first-order valence-electron chi connectivity index (χ1n) is 7.95. The third kappa shape index (κ3) is 2.66. The van der Waals surface area contributed by atoms with Crippen molar-refractivity contribution in [2.75, 3.05) is 18.0 Å². The van der Waals surface area contributed by atoms with Gasteiger partial charge in [0.1, 0.15) is 6.33 Å². The zero-order chi connectivity index (χ0) is 15.6. The van der Waals surface area contributed by atoms with E-state index in [1.165, 1.54) is 0 Å². The van der Waals surface area contributed by atoms with Crippen LogP contribution in [-0.2, 0) is 0 Å². The lowest BCUT2D eigenvalue weighted by atomic mass is 9.87. The summed E-state index contributed by atoms with van der Waals surface area (Å²) < 4.78 is 1.88. The number of anilines is 1. The average molecular weight is 309 g/mol. The van der Waals surface area contributed by atoms with Gasteiger partial charge in [-0.15, -0.1) is 10.2 Å². The summed E-state index contributed by atoms with van der Waals surface area (Å²) in [7, 11) is 0. The molecule has 1 aliphatic heterocycles. The Morgan fingerprint density at radius 3 is 2.70 bits per heavy atom. The number of aliphatic hydroxyl groups is 1. The van der Waals surface area contributed by atoms with E-state index < -0.39 is 6.10 Å². The van der Waals surface area contributed by atoms with Crippen molar-refractivity contribution in [1.82, 2.24) is 19.6 Å². The van der Waals surface area contributed by atoms with Gasteiger partial charge in [0, 0.05) is 25.5 Å². The number of piperidine rings is 1. The van der Waals surface area contributed by atoms with E-state index in [2.05, 4.69) is 20.1 Å².